The highest BCUT2D eigenvalue weighted by Crippen LogP contribution is 2.44. The van der Waals surface area contributed by atoms with Crippen molar-refractivity contribution in [3.05, 3.63) is 62.6 Å². The van der Waals surface area contributed by atoms with Crippen molar-refractivity contribution in [3.63, 3.8) is 0 Å². The Labute approximate surface area is 214 Å². The molecular weight excluding hydrogens is 558 g/mol. The van der Waals surface area contributed by atoms with Gasteiger partial charge >= 0.3 is 16.1 Å². The average molecular weight is 587 g/mol. The lowest BCUT2D eigenvalue weighted by molar-refractivity contribution is -0.384. The van der Waals surface area contributed by atoms with Crippen LogP contribution in [0.15, 0.2) is 51.8 Å². The van der Waals surface area contributed by atoms with Crippen molar-refractivity contribution in [2.75, 3.05) is 6.61 Å². The number of rotatable bonds is 8. The van der Waals surface area contributed by atoms with Gasteiger partial charge in [-0.1, -0.05) is 26.8 Å². The highest BCUT2D eigenvalue weighted by molar-refractivity contribution is 9.10. The molecule has 9 nitrogen and oxygen atoms in total. The molecule has 190 valence electrons. The van der Waals surface area contributed by atoms with Gasteiger partial charge in [0.15, 0.2) is 14.1 Å². The first-order chi connectivity index (χ1) is 16.1. The molecule has 3 rings (SSSR count). The maximum absolute atomic E-state index is 12.7. The van der Waals surface area contributed by atoms with E-state index in [0.717, 1.165) is 29.8 Å². The van der Waals surface area contributed by atoms with Crippen LogP contribution in [0.25, 0.3) is 0 Å². The molecule has 0 spiro atoms. The Balaban J connectivity index is 1.89. The van der Waals surface area contributed by atoms with Gasteiger partial charge in [-0.15, -0.1) is 0 Å². The van der Waals surface area contributed by atoms with E-state index in [0.29, 0.717) is 4.47 Å². The van der Waals surface area contributed by atoms with Crippen LogP contribution in [0.2, 0.25) is 18.1 Å². The van der Waals surface area contributed by atoms with Crippen molar-refractivity contribution in [1.82, 2.24) is 0 Å². The van der Waals surface area contributed by atoms with E-state index >= 15 is 0 Å². The van der Waals surface area contributed by atoms with Crippen molar-refractivity contribution >= 4 is 46.0 Å². The number of nitrogens with zero attached hydrogens (tertiary/aromatic N) is 1. The number of nitro groups is 1. The fourth-order valence-corrected chi connectivity index (χ4v) is 6.17. The summed E-state index contributed by atoms with van der Waals surface area (Å²) >= 11 is 3.39. The second kappa shape index (κ2) is 10.00. The van der Waals surface area contributed by atoms with Crippen LogP contribution in [0, 0.1) is 16.0 Å². The number of nitro benzene ring substituents is 1. The normalized spacial score (nSPS) is 17.7. The first-order valence-electron chi connectivity index (χ1n) is 10.9. The van der Waals surface area contributed by atoms with Gasteiger partial charge in [0.2, 0.25) is 0 Å². The Morgan fingerprint density at radius 3 is 2.29 bits per heavy atom. The van der Waals surface area contributed by atoms with Crippen LogP contribution in [0.3, 0.4) is 0 Å². The lowest BCUT2D eigenvalue weighted by atomic mass is 9.95. The Kier molecular flexibility index (Phi) is 7.80. The zero-order chi connectivity index (χ0) is 26.2. The second-order valence-electron chi connectivity index (χ2n) is 9.92. The molecule has 0 aliphatic carbocycles. The summed E-state index contributed by atoms with van der Waals surface area (Å²) in [4.78, 5) is 21.8. The zero-order valence-electron chi connectivity index (χ0n) is 20.1. The number of esters is 1. The largest absolute Gasteiger partial charge is 0.465 e. The molecule has 0 radical (unpaired) electrons. The molecule has 2 aromatic rings. The molecule has 1 saturated heterocycles. The lowest BCUT2D eigenvalue weighted by Crippen LogP contribution is -2.43. The minimum atomic E-state index is -4.22. The van der Waals surface area contributed by atoms with Gasteiger partial charge in [-0.25, -0.2) is 0 Å². The van der Waals surface area contributed by atoms with E-state index in [-0.39, 0.29) is 46.3 Å². The summed E-state index contributed by atoms with van der Waals surface area (Å²) in [6.07, 6.45) is -0.178. The van der Waals surface area contributed by atoms with E-state index in [9.17, 15) is 23.3 Å². The average Bonchev–Trinajstić information content (AvgIpc) is 3.18. The van der Waals surface area contributed by atoms with Crippen molar-refractivity contribution in [3.8, 4) is 5.75 Å². The van der Waals surface area contributed by atoms with Crippen LogP contribution >= 0.6 is 15.9 Å². The molecule has 1 fully saturated rings. The molecular formula is C23H28BrNO8SSi. The van der Waals surface area contributed by atoms with Crippen LogP contribution in [0.5, 0.6) is 5.75 Å². The molecule has 0 saturated carbocycles. The van der Waals surface area contributed by atoms with E-state index < -0.39 is 29.5 Å². The van der Waals surface area contributed by atoms with E-state index in [2.05, 4.69) is 49.8 Å². The minimum absolute atomic E-state index is 0.0527. The molecule has 0 bridgehead atoms. The van der Waals surface area contributed by atoms with Gasteiger partial charge < -0.3 is 13.3 Å². The van der Waals surface area contributed by atoms with Crippen LogP contribution in [-0.4, -0.2) is 34.2 Å². The predicted molar refractivity (Wildman–Crippen MR) is 135 cm³/mol. The highest BCUT2D eigenvalue weighted by atomic mass is 79.9. The Bertz CT molecular complexity index is 1230. The molecule has 35 heavy (non-hydrogen) atoms. The highest BCUT2D eigenvalue weighted by Gasteiger charge is 2.43. The number of halogens is 1. The maximum atomic E-state index is 12.7. The summed E-state index contributed by atoms with van der Waals surface area (Å²) in [7, 11) is -6.45. The third-order valence-corrected chi connectivity index (χ3v) is 12.7. The first kappa shape index (κ1) is 27.3. The molecule has 1 aliphatic heterocycles. The van der Waals surface area contributed by atoms with Gasteiger partial charge in [0.1, 0.15) is 4.90 Å². The maximum Gasteiger partial charge on any atom is 0.339 e. The van der Waals surface area contributed by atoms with Crippen LogP contribution in [0.4, 0.5) is 5.69 Å². The van der Waals surface area contributed by atoms with Gasteiger partial charge in [-0.05, 0) is 63.9 Å². The molecule has 2 atom stereocenters. The van der Waals surface area contributed by atoms with Gasteiger partial charge in [0, 0.05) is 18.1 Å². The van der Waals surface area contributed by atoms with E-state index in [1.165, 1.54) is 6.07 Å². The Hall–Kier alpha value is -2.28. The van der Waals surface area contributed by atoms with Crippen LogP contribution in [-0.2, 0) is 24.1 Å². The topological polar surface area (TPSA) is 122 Å². The number of benzene rings is 2. The molecule has 0 amide bonds. The smallest absolute Gasteiger partial charge is 0.339 e. The van der Waals surface area contributed by atoms with Gasteiger partial charge in [-0.3, -0.25) is 14.9 Å². The zero-order valence-corrected chi connectivity index (χ0v) is 23.5. The standard InChI is InChI=1S/C23H28BrNO8SSi/c1-23(2,3)35(4,5)33-22(16-13-21(26)31-14-16)15-6-11-20(19(24)12-15)32-34(29,30)18-9-7-17(8-10-18)25(27)28/h6-12,16,22H,13-14H2,1-5H3/t16-,22+/m1/s1. The minimum Gasteiger partial charge on any atom is -0.465 e. The summed E-state index contributed by atoms with van der Waals surface area (Å²) in [5.41, 5.74) is 0.543. The summed E-state index contributed by atoms with van der Waals surface area (Å²) in [6.45, 7) is 10.9. The Morgan fingerprint density at radius 2 is 1.80 bits per heavy atom. The van der Waals surface area contributed by atoms with Crippen molar-refractivity contribution in [2.24, 2.45) is 5.92 Å². The molecule has 12 heteroatoms. The van der Waals surface area contributed by atoms with E-state index in [1.54, 1.807) is 12.1 Å². The number of ether oxygens (including phenoxy) is 1. The molecule has 0 N–H and O–H groups in total. The fraction of sp³-hybridized carbons (Fsp3) is 0.435. The van der Waals surface area contributed by atoms with Crippen molar-refractivity contribution < 1.29 is 31.5 Å². The van der Waals surface area contributed by atoms with E-state index in [1.807, 2.05) is 0 Å². The number of non-ortho nitro benzene ring substituents is 1. The molecule has 1 heterocycles. The summed E-state index contributed by atoms with van der Waals surface area (Å²) in [5.74, 6) is -0.386. The SMILES string of the molecule is CC(C)(C)[Si](C)(C)O[C@@H](c1ccc(OS(=O)(=O)c2ccc([N+](=O)[O-])cc2)c(Br)c1)[C@H]1COC(=O)C1. The monoisotopic (exact) mass is 585 g/mol. The quantitative estimate of drug-likeness (QED) is 0.126. The molecule has 2 aromatic carbocycles. The van der Waals surface area contributed by atoms with Crippen molar-refractivity contribution in [1.29, 1.82) is 0 Å². The predicted octanol–water partition coefficient (Wildman–Crippen LogP) is 5.75. The number of cyclic esters (lactones) is 1. The number of carbonyl (C=O) groups excluding carboxylic acids is 1. The number of hydrogen-bond donors (Lipinski definition) is 0. The van der Waals surface area contributed by atoms with E-state index in [4.69, 9.17) is 13.3 Å². The Morgan fingerprint density at radius 1 is 1.17 bits per heavy atom. The van der Waals surface area contributed by atoms with Crippen molar-refractivity contribution in [2.45, 2.75) is 56.3 Å². The fourth-order valence-electron chi connectivity index (χ4n) is 3.32. The summed E-state index contributed by atoms with van der Waals surface area (Å²) in [5, 5.41) is 10.8. The first-order valence-corrected chi connectivity index (χ1v) is 16.0. The molecule has 0 unspecified atom stereocenters. The van der Waals surface area contributed by atoms with Gasteiger partial charge in [0.05, 0.1) is 28.5 Å². The number of hydrogen-bond acceptors (Lipinski definition) is 8. The number of carbonyl (C=O) groups is 1. The third-order valence-electron chi connectivity index (χ3n) is 6.36. The van der Waals surface area contributed by atoms with Gasteiger partial charge in [0.25, 0.3) is 5.69 Å². The molecule has 1 aliphatic rings. The summed E-state index contributed by atoms with van der Waals surface area (Å²) < 4.78 is 43.0. The van der Waals surface area contributed by atoms with Crippen LogP contribution < -0.4 is 4.18 Å². The van der Waals surface area contributed by atoms with Crippen LogP contribution in [0.1, 0.15) is 38.9 Å². The third kappa shape index (κ3) is 6.29. The lowest BCUT2D eigenvalue weighted by Gasteiger charge is -2.40. The summed E-state index contributed by atoms with van der Waals surface area (Å²) in [6, 6.07) is 9.39. The second-order valence-corrected chi connectivity index (χ2v) is 17.1. The molecule has 0 aromatic heterocycles. The van der Waals surface area contributed by atoms with Gasteiger partial charge in [-0.2, -0.15) is 8.42 Å².